The number of aromatic nitrogens is 2. The lowest BCUT2D eigenvalue weighted by Crippen LogP contribution is -2.30. The number of aryl methyl sites for hydroxylation is 1. The van der Waals surface area contributed by atoms with Gasteiger partial charge in [-0.2, -0.15) is 5.10 Å². The summed E-state index contributed by atoms with van der Waals surface area (Å²) in [6, 6.07) is 16.0. The van der Waals surface area contributed by atoms with Crippen LogP contribution in [0.15, 0.2) is 54.7 Å². The Kier molecular flexibility index (Phi) is 4.21. The summed E-state index contributed by atoms with van der Waals surface area (Å²) in [5.74, 6) is 0.774. The highest BCUT2D eigenvalue weighted by Gasteiger charge is 2.23. The molecular formula is C21H21N3O2. The van der Waals surface area contributed by atoms with Crippen molar-refractivity contribution in [3.63, 3.8) is 0 Å². The number of ether oxygens (including phenoxy) is 1. The minimum Gasteiger partial charge on any atom is -0.488 e. The molecule has 132 valence electrons. The van der Waals surface area contributed by atoms with Crippen molar-refractivity contribution in [2.75, 3.05) is 0 Å². The molecule has 0 radical (unpaired) electrons. The largest absolute Gasteiger partial charge is 0.488 e. The van der Waals surface area contributed by atoms with E-state index in [4.69, 9.17) is 4.74 Å². The Morgan fingerprint density at radius 1 is 1.27 bits per heavy atom. The molecule has 0 spiro atoms. The highest BCUT2D eigenvalue weighted by molar-refractivity contribution is 5.78. The summed E-state index contributed by atoms with van der Waals surface area (Å²) >= 11 is 0. The van der Waals surface area contributed by atoms with Crippen LogP contribution in [0.4, 0.5) is 0 Å². The maximum atomic E-state index is 12.6. The number of nitrogens with one attached hydrogen (secondary N) is 1. The Hall–Kier alpha value is -3.08. The van der Waals surface area contributed by atoms with Gasteiger partial charge in [-0.25, -0.2) is 0 Å². The van der Waals surface area contributed by atoms with E-state index in [-0.39, 0.29) is 18.5 Å². The first kappa shape index (κ1) is 16.4. The van der Waals surface area contributed by atoms with E-state index in [0.717, 1.165) is 33.7 Å². The molecule has 1 amide bonds. The molecule has 0 saturated heterocycles. The van der Waals surface area contributed by atoms with Crippen LogP contribution in [0.2, 0.25) is 0 Å². The van der Waals surface area contributed by atoms with Gasteiger partial charge in [0.25, 0.3) is 0 Å². The van der Waals surface area contributed by atoms with Gasteiger partial charge in [0.1, 0.15) is 18.9 Å². The van der Waals surface area contributed by atoms with Crippen LogP contribution in [0.3, 0.4) is 0 Å². The average molecular weight is 347 g/mol. The van der Waals surface area contributed by atoms with Crippen LogP contribution < -0.4 is 10.1 Å². The predicted octanol–water partition coefficient (Wildman–Crippen LogP) is 3.63. The van der Waals surface area contributed by atoms with Crippen molar-refractivity contribution in [1.29, 1.82) is 0 Å². The second-order valence-corrected chi connectivity index (χ2v) is 6.66. The molecule has 1 aliphatic rings. The molecule has 1 aliphatic heterocycles. The van der Waals surface area contributed by atoms with E-state index in [1.54, 1.807) is 10.9 Å². The summed E-state index contributed by atoms with van der Waals surface area (Å²) in [6.07, 6.45) is 1.79. The standard InChI is InChI=1S/C21H21N3O2/c1-14-8-9-19-18(10-14)21-17(13-26-19)11-22-24(21)12-20(25)23-15(2)16-6-4-3-5-7-16/h3-11,15H,12-13H2,1-2H3,(H,23,25)/t15-/m0/s1. The smallest absolute Gasteiger partial charge is 0.242 e. The van der Waals surface area contributed by atoms with Crippen LogP contribution in [-0.2, 0) is 17.9 Å². The van der Waals surface area contributed by atoms with Crippen molar-refractivity contribution >= 4 is 5.91 Å². The molecule has 5 nitrogen and oxygen atoms in total. The SMILES string of the molecule is Cc1ccc2c(c1)-c1c(cnn1CC(=O)N[C@@H](C)c1ccccc1)CO2. The van der Waals surface area contributed by atoms with Crippen molar-refractivity contribution in [3.05, 3.63) is 71.4 Å². The molecule has 5 heteroatoms. The fourth-order valence-corrected chi connectivity index (χ4v) is 3.32. The van der Waals surface area contributed by atoms with E-state index in [1.807, 2.05) is 56.3 Å². The maximum absolute atomic E-state index is 12.6. The Morgan fingerprint density at radius 2 is 2.08 bits per heavy atom. The number of hydrogen-bond donors (Lipinski definition) is 1. The molecule has 2 aromatic carbocycles. The maximum Gasteiger partial charge on any atom is 0.242 e. The summed E-state index contributed by atoms with van der Waals surface area (Å²) in [4.78, 5) is 12.6. The minimum atomic E-state index is -0.0621. The summed E-state index contributed by atoms with van der Waals surface area (Å²) in [5.41, 5.74) is 5.20. The number of amides is 1. The first-order valence-electron chi connectivity index (χ1n) is 8.74. The average Bonchev–Trinajstić information content (AvgIpc) is 3.05. The van der Waals surface area contributed by atoms with Gasteiger partial charge in [-0.15, -0.1) is 0 Å². The second-order valence-electron chi connectivity index (χ2n) is 6.66. The molecule has 26 heavy (non-hydrogen) atoms. The fourth-order valence-electron chi connectivity index (χ4n) is 3.32. The first-order chi connectivity index (χ1) is 12.6. The molecule has 3 aromatic rings. The predicted molar refractivity (Wildman–Crippen MR) is 99.7 cm³/mol. The van der Waals surface area contributed by atoms with Crippen molar-refractivity contribution in [1.82, 2.24) is 15.1 Å². The molecule has 0 saturated carbocycles. The molecule has 0 bridgehead atoms. The zero-order valence-electron chi connectivity index (χ0n) is 14.9. The van der Waals surface area contributed by atoms with Gasteiger partial charge in [0.15, 0.2) is 0 Å². The van der Waals surface area contributed by atoms with Crippen molar-refractivity contribution in [2.45, 2.75) is 33.0 Å². The Morgan fingerprint density at radius 3 is 2.88 bits per heavy atom. The van der Waals surface area contributed by atoms with Crippen molar-refractivity contribution in [2.24, 2.45) is 0 Å². The van der Waals surface area contributed by atoms with Crippen LogP contribution in [0.5, 0.6) is 5.75 Å². The normalized spacial score (nSPS) is 13.3. The van der Waals surface area contributed by atoms with Crippen LogP contribution >= 0.6 is 0 Å². The number of benzene rings is 2. The van der Waals surface area contributed by atoms with Crippen LogP contribution in [0.25, 0.3) is 11.3 Å². The fraction of sp³-hybridized carbons (Fsp3) is 0.238. The van der Waals surface area contributed by atoms with E-state index >= 15 is 0 Å². The van der Waals surface area contributed by atoms with E-state index in [2.05, 4.69) is 16.5 Å². The highest BCUT2D eigenvalue weighted by Crippen LogP contribution is 2.37. The third-order valence-electron chi connectivity index (χ3n) is 4.66. The number of hydrogen-bond acceptors (Lipinski definition) is 3. The molecule has 1 N–H and O–H groups in total. The van der Waals surface area contributed by atoms with Crippen molar-refractivity contribution in [3.8, 4) is 17.0 Å². The third kappa shape index (κ3) is 3.08. The van der Waals surface area contributed by atoms with Gasteiger partial charge < -0.3 is 10.1 Å². The van der Waals surface area contributed by atoms with Crippen LogP contribution in [-0.4, -0.2) is 15.7 Å². The summed E-state index contributed by atoms with van der Waals surface area (Å²) in [7, 11) is 0. The molecule has 2 heterocycles. The third-order valence-corrected chi connectivity index (χ3v) is 4.66. The number of rotatable bonds is 4. The lowest BCUT2D eigenvalue weighted by atomic mass is 10.0. The van der Waals surface area contributed by atoms with Gasteiger partial charge in [-0.3, -0.25) is 9.48 Å². The molecule has 0 aliphatic carbocycles. The number of fused-ring (bicyclic) bond motifs is 3. The van der Waals surface area contributed by atoms with Crippen molar-refractivity contribution < 1.29 is 9.53 Å². The highest BCUT2D eigenvalue weighted by atomic mass is 16.5. The summed E-state index contributed by atoms with van der Waals surface area (Å²) in [5, 5.41) is 7.47. The van der Waals surface area contributed by atoms with E-state index in [0.29, 0.717) is 6.61 Å². The van der Waals surface area contributed by atoms with Gasteiger partial charge in [-0.05, 0) is 31.5 Å². The Bertz CT molecular complexity index is 947. The Labute approximate surface area is 152 Å². The molecule has 1 atom stereocenters. The zero-order chi connectivity index (χ0) is 18.1. The minimum absolute atomic E-state index is 0.0482. The van der Waals surface area contributed by atoms with E-state index in [1.165, 1.54) is 0 Å². The van der Waals surface area contributed by atoms with E-state index < -0.39 is 0 Å². The van der Waals surface area contributed by atoms with Gasteiger partial charge in [0.05, 0.1) is 17.9 Å². The van der Waals surface area contributed by atoms with Gasteiger partial charge >= 0.3 is 0 Å². The topological polar surface area (TPSA) is 56.2 Å². The monoisotopic (exact) mass is 347 g/mol. The Balaban J connectivity index is 1.55. The lowest BCUT2D eigenvalue weighted by molar-refractivity contribution is -0.122. The quantitative estimate of drug-likeness (QED) is 0.784. The summed E-state index contributed by atoms with van der Waals surface area (Å²) in [6.45, 7) is 4.69. The molecule has 0 fully saturated rings. The second kappa shape index (κ2) is 6.67. The lowest BCUT2D eigenvalue weighted by Gasteiger charge is -2.20. The summed E-state index contributed by atoms with van der Waals surface area (Å²) < 4.78 is 7.56. The number of carbonyl (C=O) groups is 1. The first-order valence-corrected chi connectivity index (χ1v) is 8.74. The van der Waals surface area contributed by atoms with E-state index in [9.17, 15) is 4.79 Å². The van der Waals surface area contributed by atoms with Gasteiger partial charge in [-0.1, -0.05) is 42.0 Å². The molecular weight excluding hydrogens is 326 g/mol. The number of nitrogens with zero attached hydrogens (tertiary/aromatic N) is 2. The van der Waals surface area contributed by atoms with Crippen LogP contribution in [0, 0.1) is 6.92 Å². The van der Waals surface area contributed by atoms with Gasteiger partial charge in [0, 0.05) is 11.1 Å². The van der Waals surface area contributed by atoms with Gasteiger partial charge in [0.2, 0.25) is 5.91 Å². The zero-order valence-corrected chi connectivity index (χ0v) is 14.9. The van der Waals surface area contributed by atoms with Crippen LogP contribution in [0.1, 0.15) is 29.7 Å². The molecule has 1 aromatic heterocycles. The number of carbonyl (C=O) groups excluding carboxylic acids is 1. The molecule has 4 rings (SSSR count). The molecule has 0 unspecified atom stereocenters.